The number of fused-ring (bicyclic) bond motifs is 1. The van der Waals surface area contributed by atoms with E-state index in [1.54, 1.807) is 0 Å². The van der Waals surface area contributed by atoms with Gasteiger partial charge in [0.2, 0.25) is 0 Å². The maximum Gasteiger partial charge on any atom is 0.405 e. The van der Waals surface area contributed by atoms with Crippen LogP contribution in [0.5, 0.6) is 0 Å². The van der Waals surface area contributed by atoms with Crippen LogP contribution in [0.3, 0.4) is 0 Å². The van der Waals surface area contributed by atoms with Gasteiger partial charge in [0.05, 0.1) is 6.04 Å². The Morgan fingerprint density at radius 2 is 1.93 bits per heavy atom. The summed E-state index contributed by atoms with van der Waals surface area (Å²) in [5, 5.41) is 12.2. The van der Waals surface area contributed by atoms with Gasteiger partial charge in [0.1, 0.15) is 0 Å². The number of amides is 1. The first-order chi connectivity index (χ1) is 13.9. The number of hydrogen-bond acceptors (Lipinski definition) is 3. The van der Waals surface area contributed by atoms with E-state index in [1.807, 2.05) is 6.07 Å². The van der Waals surface area contributed by atoms with Gasteiger partial charge >= 0.3 is 6.09 Å². The molecule has 29 heavy (non-hydrogen) atoms. The lowest BCUT2D eigenvalue weighted by Crippen LogP contribution is -2.35. The van der Waals surface area contributed by atoms with Crippen LogP contribution in [0.4, 0.5) is 10.5 Å². The average Bonchev–Trinajstić information content (AvgIpc) is 2.97. The van der Waals surface area contributed by atoms with Crippen molar-refractivity contribution in [3.8, 4) is 0 Å². The number of carboxylic acid groups (broad SMARTS) is 1. The fourth-order valence-electron chi connectivity index (χ4n) is 4.81. The molecule has 1 fully saturated rings. The molecular formula is C24H30N2O3. The van der Waals surface area contributed by atoms with E-state index in [1.165, 1.54) is 16.8 Å². The van der Waals surface area contributed by atoms with E-state index in [0.717, 1.165) is 31.5 Å². The van der Waals surface area contributed by atoms with E-state index < -0.39 is 6.09 Å². The van der Waals surface area contributed by atoms with Crippen LogP contribution in [0, 0.1) is 5.92 Å². The smallest absolute Gasteiger partial charge is 0.405 e. The van der Waals surface area contributed by atoms with Crippen molar-refractivity contribution in [1.82, 2.24) is 5.32 Å². The van der Waals surface area contributed by atoms with E-state index in [-0.39, 0.29) is 17.4 Å². The molecule has 0 radical (unpaired) electrons. The highest BCUT2D eigenvalue weighted by Gasteiger charge is 2.36. The molecule has 1 unspecified atom stereocenters. The summed E-state index contributed by atoms with van der Waals surface area (Å²) >= 11 is 0. The average molecular weight is 395 g/mol. The molecule has 2 aliphatic rings. The lowest BCUT2D eigenvalue weighted by Gasteiger charge is -2.31. The van der Waals surface area contributed by atoms with Crippen molar-refractivity contribution < 1.29 is 14.6 Å². The van der Waals surface area contributed by atoms with Crippen LogP contribution in [0.2, 0.25) is 0 Å². The maximum atomic E-state index is 11.5. The molecule has 5 heteroatoms. The number of ether oxygens (including phenoxy) is 1. The second kappa shape index (κ2) is 8.07. The van der Waals surface area contributed by atoms with E-state index in [4.69, 9.17) is 4.74 Å². The van der Waals surface area contributed by atoms with Crippen molar-refractivity contribution in [3.63, 3.8) is 0 Å². The standard InChI is InChI=1S/C24H30N2O3/c1-24(2)16-26(15-17-6-4-3-5-7-17)21-9-8-19(14-20(21)24)22(25-23(27)28)18-10-12-29-13-11-18/h3-9,14,18,22,25H,10-13,15-16H2,1-2H3,(H,27,28). The molecule has 0 bridgehead atoms. The minimum absolute atomic E-state index is 0.0174. The van der Waals surface area contributed by atoms with Gasteiger partial charge in [-0.05, 0) is 41.5 Å². The Balaban J connectivity index is 1.64. The Hall–Kier alpha value is -2.53. The zero-order chi connectivity index (χ0) is 20.4. The molecule has 1 atom stereocenters. The Morgan fingerprint density at radius 3 is 2.62 bits per heavy atom. The zero-order valence-corrected chi connectivity index (χ0v) is 17.2. The molecule has 4 rings (SSSR count). The van der Waals surface area contributed by atoms with Crippen molar-refractivity contribution >= 4 is 11.8 Å². The van der Waals surface area contributed by atoms with Crippen LogP contribution in [0.15, 0.2) is 48.5 Å². The maximum absolute atomic E-state index is 11.5. The number of rotatable bonds is 5. The Kier molecular flexibility index (Phi) is 5.50. The number of nitrogens with zero attached hydrogens (tertiary/aromatic N) is 1. The summed E-state index contributed by atoms with van der Waals surface area (Å²) in [6, 6.07) is 16.9. The van der Waals surface area contributed by atoms with Crippen molar-refractivity contribution in [3.05, 3.63) is 65.2 Å². The zero-order valence-electron chi connectivity index (χ0n) is 17.2. The Bertz CT molecular complexity index is 860. The summed E-state index contributed by atoms with van der Waals surface area (Å²) in [5.41, 5.74) is 4.93. The summed E-state index contributed by atoms with van der Waals surface area (Å²) in [4.78, 5) is 13.9. The highest BCUT2D eigenvalue weighted by atomic mass is 16.5. The van der Waals surface area contributed by atoms with Gasteiger partial charge in [-0.15, -0.1) is 0 Å². The number of anilines is 1. The highest BCUT2D eigenvalue weighted by molar-refractivity contribution is 5.67. The minimum Gasteiger partial charge on any atom is -0.465 e. The first-order valence-corrected chi connectivity index (χ1v) is 10.4. The number of nitrogens with one attached hydrogen (secondary N) is 1. The van der Waals surface area contributed by atoms with E-state index in [9.17, 15) is 9.90 Å². The summed E-state index contributed by atoms with van der Waals surface area (Å²) in [6.45, 7) is 7.78. The van der Waals surface area contributed by atoms with Crippen molar-refractivity contribution in [1.29, 1.82) is 0 Å². The lowest BCUT2D eigenvalue weighted by atomic mass is 9.82. The highest BCUT2D eigenvalue weighted by Crippen LogP contribution is 2.43. The SMILES string of the molecule is CC1(C)CN(Cc2ccccc2)c2ccc(C(NC(=O)O)C3CCOCC3)cc21. The molecule has 0 saturated carbocycles. The largest absolute Gasteiger partial charge is 0.465 e. The molecule has 154 valence electrons. The van der Waals surface area contributed by atoms with Gasteiger partial charge in [-0.1, -0.05) is 56.3 Å². The molecule has 2 N–H and O–H groups in total. The predicted molar refractivity (Wildman–Crippen MR) is 114 cm³/mol. The lowest BCUT2D eigenvalue weighted by molar-refractivity contribution is 0.0534. The first-order valence-electron chi connectivity index (χ1n) is 10.4. The molecule has 1 saturated heterocycles. The second-order valence-electron chi connectivity index (χ2n) is 8.88. The van der Waals surface area contributed by atoms with Gasteiger partial charge < -0.3 is 20.1 Å². The van der Waals surface area contributed by atoms with Crippen LogP contribution < -0.4 is 10.2 Å². The van der Waals surface area contributed by atoms with Gasteiger partial charge in [0.15, 0.2) is 0 Å². The molecule has 0 aliphatic carbocycles. The molecule has 2 aromatic carbocycles. The molecule has 2 aromatic rings. The molecule has 5 nitrogen and oxygen atoms in total. The fourth-order valence-corrected chi connectivity index (χ4v) is 4.81. The fraction of sp³-hybridized carbons (Fsp3) is 0.458. The topological polar surface area (TPSA) is 61.8 Å². The summed E-state index contributed by atoms with van der Waals surface area (Å²) in [7, 11) is 0. The van der Waals surface area contributed by atoms with Crippen LogP contribution in [0.25, 0.3) is 0 Å². The van der Waals surface area contributed by atoms with Crippen molar-refractivity contribution in [2.24, 2.45) is 5.92 Å². The molecule has 0 aromatic heterocycles. The number of benzene rings is 2. The normalized spacial score (nSPS) is 19.6. The Labute approximate surface area is 172 Å². The van der Waals surface area contributed by atoms with Crippen LogP contribution in [0.1, 0.15) is 49.4 Å². The number of carbonyl (C=O) groups is 1. The molecule has 0 spiro atoms. The van der Waals surface area contributed by atoms with E-state index in [2.05, 4.69) is 66.5 Å². The van der Waals surface area contributed by atoms with Gasteiger partial charge in [-0.3, -0.25) is 0 Å². The third kappa shape index (κ3) is 4.25. The van der Waals surface area contributed by atoms with Gasteiger partial charge in [-0.2, -0.15) is 0 Å². The quantitative estimate of drug-likeness (QED) is 0.770. The molecular weight excluding hydrogens is 364 g/mol. The van der Waals surface area contributed by atoms with Crippen molar-refractivity contribution in [2.45, 2.75) is 44.7 Å². The monoisotopic (exact) mass is 394 g/mol. The molecule has 1 amide bonds. The Morgan fingerprint density at radius 1 is 1.21 bits per heavy atom. The predicted octanol–water partition coefficient (Wildman–Crippen LogP) is 4.72. The van der Waals surface area contributed by atoms with Crippen molar-refractivity contribution in [2.75, 3.05) is 24.7 Å². The van der Waals surface area contributed by atoms with Crippen LogP contribution >= 0.6 is 0 Å². The summed E-state index contributed by atoms with van der Waals surface area (Å²) in [5.74, 6) is 0.267. The summed E-state index contributed by atoms with van der Waals surface area (Å²) in [6.07, 6.45) is 0.795. The summed E-state index contributed by atoms with van der Waals surface area (Å²) < 4.78 is 5.49. The van der Waals surface area contributed by atoms with Crippen LogP contribution in [-0.4, -0.2) is 31.0 Å². The third-order valence-electron chi connectivity index (χ3n) is 6.27. The number of hydrogen-bond donors (Lipinski definition) is 2. The third-order valence-corrected chi connectivity index (χ3v) is 6.27. The van der Waals surface area contributed by atoms with Gasteiger partial charge in [0, 0.05) is 37.4 Å². The van der Waals surface area contributed by atoms with Gasteiger partial charge in [0.25, 0.3) is 0 Å². The first kappa shape index (κ1) is 19.8. The van der Waals surface area contributed by atoms with Gasteiger partial charge in [-0.25, -0.2) is 4.79 Å². The minimum atomic E-state index is -0.966. The molecule has 2 heterocycles. The van der Waals surface area contributed by atoms with E-state index >= 15 is 0 Å². The second-order valence-corrected chi connectivity index (χ2v) is 8.88. The van der Waals surface area contributed by atoms with E-state index in [0.29, 0.717) is 13.2 Å². The molecule has 2 aliphatic heterocycles. The van der Waals surface area contributed by atoms with Crippen LogP contribution in [-0.2, 0) is 16.7 Å².